The van der Waals surface area contributed by atoms with Crippen molar-refractivity contribution >= 4 is 11.3 Å². The van der Waals surface area contributed by atoms with E-state index in [1.165, 1.54) is 5.56 Å². The molecule has 0 spiro atoms. The van der Waals surface area contributed by atoms with Gasteiger partial charge >= 0.3 is 0 Å². The number of rotatable bonds is 5. The third kappa shape index (κ3) is 3.81. The lowest BCUT2D eigenvalue weighted by Crippen LogP contribution is -2.11. The Hall–Kier alpha value is -1.39. The number of nitrogens with one attached hydrogen (secondary N) is 1. The van der Waals surface area contributed by atoms with Crippen LogP contribution < -0.4 is 10.1 Å². The number of benzene rings is 1. The maximum atomic E-state index is 5.91. The predicted molar refractivity (Wildman–Crippen MR) is 84.4 cm³/mol. The van der Waals surface area contributed by atoms with Gasteiger partial charge in [-0.15, -0.1) is 11.3 Å². The fourth-order valence-electron chi connectivity index (χ4n) is 1.85. The van der Waals surface area contributed by atoms with Crippen LogP contribution in [0.1, 0.15) is 37.0 Å². The Morgan fingerprint density at radius 2 is 2.00 bits per heavy atom. The summed E-state index contributed by atoms with van der Waals surface area (Å²) in [7, 11) is 1.94. The van der Waals surface area contributed by atoms with Crippen molar-refractivity contribution in [3.8, 4) is 5.75 Å². The molecule has 108 valence electrons. The molecule has 1 aromatic heterocycles. The second-order valence-electron chi connectivity index (χ2n) is 5.82. The molecule has 2 aromatic rings. The molecule has 0 amide bonds. The molecule has 0 saturated heterocycles. The van der Waals surface area contributed by atoms with E-state index in [1.807, 2.05) is 25.2 Å². The van der Waals surface area contributed by atoms with Gasteiger partial charge in [0.2, 0.25) is 0 Å². The summed E-state index contributed by atoms with van der Waals surface area (Å²) in [6, 6.07) is 8.10. The van der Waals surface area contributed by atoms with Crippen molar-refractivity contribution in [2.45, 2.75) is 39.3 Å². The van der Waals surface area contributed by atoms with Crippen molar-refractivity contribution < 1.29 is 4.74 Å². The topological polar surface area (TPSA) is 34.1 Å². The van der Waals surface area contributed by atoms with Gasteiger partial charge in [0.25, 0.3) is 0 Å². The van der Waals surface area contributed by atoms with Gasteiger partial charge in [0, 0.05) is 22.9 Å². The number of hydrogen-bond acceptors (Lipinski definition) is 4. The van der Waals surface area contributed by atoms with Crippen LogP contribution >= 0.6 is 11.3 Å². The first-order valence-electron chi connectivity index (χ1n) is 6.81. The van der Waals surface area contributed by atoms with Crippen molar-refractivity contribution in [2.24, 2.45) is 0 Å². The quantitative estimate of drug-likeness (QED) is 0.911. The van der Waals surface area contributed by atoms with Gasteiger partial charge in [0.05, 0.1) is 10.7 Å². The summed E-state index contributed by atoms with van der Waals surface area (Å²) >= 11 is 1.70. The van der Waals surface area contributed by atoms with Crippen LogP contribution in [-0.2, 0) is 18.6 Å². The van der Waals surface area contributed by atoms with Crippen LogP contribution in [-0.4, -0.2) is 12.0 Å². The lowest BCUT2D eigenvalue weighted by Gasteiger charge is -2.13. The van der Waals surface area contributed by atoms with Crippen molar-refractivity contribution in [1.82, 2.24) is 10.3 Å². The zero-order valence-corrected chi connectivity index (χ0v) is 13.4. The van der Waals surface area contributed by atoms with Crippen LogP contribution in [0.4, 0.5) is 0 Å². The highest BCUT2D eigenvalue weighted by Crippen LogP contribution is 2.26. The third-order valence-corrected chi connectivity index (χ3v) is 4.23. The summed E-state index contributed by atoms with van der Waals surface area (Å²) in [5.74, 6) is 0.923. The third-order valence-electron chi connectivity index (χ3n) is 2.91. The molecule has 0 atom stereocenters. The zero-order chi connectivity index (χ0) is 14.6. The van der Waals surface area contributed by atoms with E-state index in [0.717, 1.165) is 23.0 Å². The first-order valence-corrected chi connectivity index (χ1v) is 7.69. The van der Waals surface area contributed by atoms with E-state index in [9.17, 15) is 0 Å². The van der Waals surface area contributed by atoms with Gasteiger partial charge in [0.1, 0.15) is 12.4 Å². The number of ether oxygens (including phenoxy) is 1. The average Bonchev–Trinajstić information content (AvgIpc) is 2.87. The lowest BCUT2D eigenvalue weighted by atomic mass is 9.98. The lowest BCUT2D eigenvalue weighted by molar-refractivity contribution is 0.298. The molecule has 0 fully saturated rings. The molecule has 1 heterocycles. The minimum atomic E-state index is 0.104. The van der Waals surface area contributed by atoms with Crippen molar-refractivity contribution in [2.75, 3.05) is 7.05 Å². The molecule has 3 nitrogen and oxygen atoms in total. The molecule has 0 aliphatic heterocycles. The molecule has 0 radical (unpaired) electrons. The van der Waals surface area contributed by atoms with Crippen LogP contribution in [0.3, 0.4) is 0 Å². The van der Waals surface area contributed by atoms with E-state index in [0.29, 0.717) is 6.61 Å². The van der Waals surface area contributed by atoms with Crippen molar-refractivity contribution in [3.63, 3.8) is 0 Å². The van der Waals surface area contributed by atoms with Crippen LogP contribution in [0.25, 0.3) is 0 Å². The van der Waals surface area contributed by atoms with Gasteiger partial charge in [0.15, 0.2) is 0 Å². The summed E-state index contributed by atoms with van der Waals surface area (Å²) < 4.78 is 5.91. The molecule has 0 unspecified atom stereocenters. The van der Waals surface area contributed by atoms with Gasteiger partial charge in [-0.3, -0.25) is 0 Å². The van der Waals surface area contributed by atoms with Crippen LogP contribution in [0.2, 0.25) is 0 Å². The van der Waals surface area contributed by atoms with E-state index in [4.69, 9.17) is 4.74 Å². The van der Waals surface area contributed by atoms with E-state index in [-0.39, 0.29) is 5.41 Å². The molecule has 0 aliphatic carbocycles. The highest BCUT2D eigenvalue weighted by molar-refractivity contribution is 7.09. The fourth-order valence-corrected chi connectivity index (χ4v) is 2.74. The minimum absolute atomic E-state index is 0.104. The average molecular weight is 290 g/mol. The smallest absolute Gasteiger partial charge is 0.131 e. The molecule has 0 bridgehead atoms. The summed E-state index contributed by atoms with van der Waals surface area (Å²) in [6.45, 7) is 7.86. The van der Waals surface area contributed by atoms with E-state index in [2.05, 4.69) is 42.5 Å². The van der Waals surface area contributed by atoms with E-state index >= 15 is 0 Å². The standard InChI is InChI=1S/C16H22N2OS/c1-16(2,3)15-18-13(11-20-15)10-19-14-8-6-5-7-12(14)9-17-4/h5-8,11,17H,9-10H2,1-4H3. The second kappa shape index (κ2) is 6.37. The number of nitrogens with zero attached hydrogens (tertiary/aromatic N) is 1. The van der Waals surface area contributed by atoms with Gasteiger partial charge in [-0.2, -0.15) is 0 Å². The van der Waals surface area contributed by atoms with E-state index < -0.39 is 0 Å². The van der Waals surface area contributed by atoms with Gasteiger partial charge < -0.3 is 10.1 Å². The summed E-state index contributed by atoms with van der Waals surface area (Å²) in [4.78, 5) is 4.65. The van der Waals surface area contributed by atoms with Crippen LogP contribution in [0.15, 0.2) is 29.6 Å². The number of thiazole rings is 1. The molecule has 4 heteroatoms. The van der Waals surface area contributed by atoms with Crippen LogP contribution in [0, 0.1) is 0 Å². The first kappa shape index (κ1) is 15.0. The molecule has 20 heavy (non-hydrogen) atoms. The van der Waals surface area contributed by atoms with Gasteiger partial charge in [-0.25, -0.2) is 4.98 Å². The molecular weight excluding hydrogens is 268 g/mol. The molecular formula is C16H22N2OS. The fraction of sp³-hybridized carbons (Fsp3) is 0.438. The molecule has 2 rings (SSSR count). The Balaban J connectivity index is 2.04. The van der Waals surface area contributed by atoms with Crippen LogP contribution in [0.5, 0.6) is 5.75 Å². The first-order chi connectivity index (χ1) is 9.50. The largest absolute Gasteiger partial charge is 0.487 e. The SMILES string of the molecule is CNCc1ccccc1OCc1csc(C(C)(C)C)n1. The van der Waals surface area contributed by atoms with Gasteiger partial charge in [-0.1, -0.05) is 39.0 Å². The molecule has 0 aliphatic rings. The Labute approximate surface area is 125 Å². The summed E-state index contributed by atoms with van der Waals surface area (Å²) in [6.07, 6.45) is 0. The number of aromatic nitrogens is 1. The summed E-state index contributed by atoms with van der Waals surface area (Å²) in [5, 5.41) is 6.39. The molecule has 1 N–H and O–H groups in total. The zero-order valence-electron chi connectivity index (χ0n) is 12.6. The Kier molecular flexibility index (Phi) is 4.78. The van der Waals surface area contributed by atoms with E-state index in [1.54, 1.807) is 11.3 Å². The Bertz CT molecular complexity index is 558. The second-order valence-corrected chi connectivity index (χ2v) is 6.68. The molecule has 1 aromatic carbocycles. The Morgan fingerprint density at radius 3 is 2.65 bits per heavy atom. The number of para-hydroxylation sites is 1. The predicted octanol–water partition coefficient (Wildman–Crippen LogP) is 3.74. The normalized spacial score (nSPS) is 11.6. The highest BCUT2D eigenvalue weighted by Gasteiger charge is 2.18. The van der Waals surface area contributed by atoms with Crippen molar-refractivity contribution in [1.29, 1.82) is 0 Å². The Morgan fingerprint density at radius 1 is 1.25 bits per heavy atom. The number of hydrogen-bond donors (Lipinski definition) is 1. The monoisotopic (exact) mass is 290 g/mol. The molecule has 0 saturated carbocycles. The maximum Gasteiger partial charge on any atom is 0.131 e. The maximum absolute atomic E-state index is 5.91. The van der Waals surface area contributed by atoms with Gasteiger partial charge in [-0.05, 0) is 13.1 Å². The highest BCUT2D eigenvalue weighted by atomic mass is 32.1. The minimum Gasteiger partial charge on any atom is -0.487 e. The van der Waals surface area contributed by atoms with Crippen molar-refractivity contribution in [3.05, 3.63) is 45.9 Å². The summed E-state index contributed by atoms with van der Waals surface area (Å²) in [5.41, 5.74) is 2.27.